The van der Waals surface area contributed by atoms with Crippen molar-refractivity contribution in [2.75, 3.05) is 6.54 Å². The van der Waals surface area contributed by atoms with Crippen molar-refractivity contribution in [1.29, 1.82) is 0 Å². The lowest BCUT2D eigenvalue weighted by atomic mass is 9.88. The molecule has 1 amide bonds. The van der Waals surface area contributed by atoms with Crippen molar-refractivity contribution in [1.82, 2.24) is 5.32 Å². The van der Waals surface area contributed by atoms with Crippen LogP contribution in [-0.2, 0) is 11.2 Å². The molecular formula is C15H25ClN2O. The van der Waals surface area contributed by atoms with E-state index in [0.29, 0.717) is 18.9 Å². The number of benzene rings is 1. The average molecular weight is 285 g/mol. The normalized spacial score (nSPS) is 13.6. The van der Waals surface area contributed by atoms with Crippen molar-refractivity contribution in [3.8, 4) is 0 Å². The van der Waals surface area contributed by atoms with Gasteiger partial charge in [-0.3, -0.25) is 4.79 Å². The van der Waals surface area contributed by atoms with Crippen LogP contribution in [0.3, 0.4) is 0 Å². The van der Waals surface area contributed by atoms with Crippen LogP contribution in [0.2, 0.25) is 0 Å². The Labute approximate surface area is 122 Å². The van der Waals surface area contributed by atoms with E-state index in [9.17, 15) is 4.79 Å². The second kappa shape index (κ2) is 7.51. The largest absolute Gasteiger partial charge is 0.349 e. The molecule has 108 valence electrons. The minimum atomic E-state index is -0.334. The van der Waals surface area contributed by atoms with Crippen molar-refractivity contribution < 1.29 is 4.79 Å². The SMILES string of the molecule is Cc1ccccc1CC(=O)NC(C)(CN)C(C)C.Cl. The molecule has 1 aromatic rings. The quantitative estimate of drug-likeness (QED) is 0.873. The summed E-state index contributed by atoms with van der Waals surface area (Å²) in [6.07, 6.45) is 0.412. The highest BCUT2D eigenvalue weighted by Crippen LogP contribution is 2.15. The molecule has 1 aromatic carbocycles. The van der Waals surface area contributed by atoms with Crippen molar-refractivity contribution in [3.05, 3.63) is 35.4 Å². The van der Waals surface area contributed by atoms with Crippen molar-refractivity contribution in [2.45, 2.75) is 39.7 Å². The summed E-state index contributed by atoms with van der Waals surface area (Å²) < 4.78 is 0. The molecule has 19 heavy (non-hydrogen) atoms. The number of amides is 1. The van der Waals surface area contributed by atoms with Gasteiger partial charge in [0.15, 0.2) is 0 Å². The summed E-state index contributed by atoms with van der Waals surface area (Å²) in [6, 6.07) is 7.95. The van der Waals surface area contributed by atoms with Gasteiger partial charge in [-0.25, -0.2) is 0 Å². The van der Waals surface area contributed by atoms with Gasteiger partial charge in [0.05, 0.1) is 12.0 Å². The number of carbonyl (C=O) groups is 1. The highest BCUT2D eigenvalue weighted by molar-refractivity contribution is 5.85. The molecule has 0 bridgehead atoms. The molecule has 1 atom stereocenters. The van der Waals surface area contributed by atoms with Crippen LogP contribution in [0, 0.1) is 12.8 Å². The van der Waals surface area contributed by atoms with E-state index >= 15 is 0 Å². The number of rotatable bonds is 5. The Balaban J connectivity index is 0.00000324. The Hall–Kier alpha value is -1.06. The van der Waals surface area contributed by atoms with Crippen LogP contribution in [0.25, 0.3) is 0 Å². The third-order valence-corrected chi connectivity index (χ3v) is 3.74. The minimum Gasteiger partial charge on any atom is -0.349 e. The smallest absolute Gasteiger partial charge is 0.224 e. The zero-order valence-corrected chi connectivity index (χ0v) is 13.0. The first-order chi connectivity index (χ1) is 8.39. The zero-order valence-electron chi connectivity index (χ0n) is 12.2. The molecule has 0 radical (unpaired) electrons. The number of hydrogen-bond acceptors (Lipinski definition) is 2. The standard InChI is InChI=1S/C15H24N2O.ClH/c1-11(2)15(4,10-16)17-14(18)9-13-8-6-5-7-12(13)3;/h5-8,11H,9-10,16H2,1-4H3,(H,17,18);1H. The van der Waals surface area contributed by atoms with Crippen LogP contribution in [-0.4, -0.2) is 18.0 Å². The zero-order chi connectivity index (χ0) is 13.8. The molecule has 0 saturated heterocycles. The molecule has 0 heterocycles. The summed E-state index contributed by atoms with van der Waals surface area (Å²) in [6.45, 7) is 8.60. The maximum Gasteiger partial charge on any atom is 0.224 e. The number of carbonyl (C=O) groups excluding carboxylic acids is 1. The number of nitrogens with one attached hydrogen (secondary N) is 1. The van der Waals surface area contributed by atoms with Gasteiger partial charge in [0, 0.05) is 6.54 Å². The van der Waals surface area contributed by atoms with Gasteiger partial charge in [0.25, 0.3) is 0 Å². The molecule has 0 aliphatic carbocycles. The molecule has 0 saturated carbocycles. The van der Waals surface area contributed by atoms with E-state index in [-0.39, 0.29) is 23.9 Å². The second-order valence-corrected chi connectivity index (χ2v) is 5.43. The molecular weight excluding hydrogens is 260 g/mol. The van der Waals surface area contributed by atoms with E-state index in [0.717, 1.165) is 11.1 Å². The topological polar surface area (TPSA) is 55.1 Å². The number of hydrogen-bond donors (Lipinski definition) is 2. The van der Waals surface area contributed by atoms with Gasteiger partial charge in [-0.2, -0.15) is 0 Å². The van der Waals surface area contributed by atoms with Crippen molar-refractivity contribution >= 4 is 18.3 Å². The highest BCUT2D eigenvalue weighted by atomic mass is 35.5. The van der Waals surface area contributed by atoms with Gasteiger partial charge in [-0.1, -0.05) is 38.1 Å². The maximum atomic E-state index is 12.1. The molecule has 1 rings (SSSR count). The molecule has 0 fully saturated rings. The average Bonchev–Trinajstić information content (AvgIpc) is 2.31. The molecule has 1 unspecified atom stereocenters. The molecule has 0 aliphatic heterocycles. The fraction of sp³-hybridized carbons (Fsp3) is 0.533. The van der Waals surface area contributed by atoms with E-state index in [4.69, 9.17) is 5.73 Å². The third kappa shape index (κ3) is 4.84. The molecule has 0 aliphatic rings. The molecule has 0 aromatic heterocycles. The highest BCUT2D eigenvalue weighted by Gasteiger charge is 2.28. The van der Waals surface area contributed by atoms with Crippen LogP contribution >= 0.6 is 12.4 Å². The molecule has 0 spiro atoms. The lowest BCUT2D eigenvalue weighted by molar-refractivity contribution is -0.122. The molecule has 4 heteroatoms. The first-order valence-corrected chi connectivity index (χ1v) is 6.44. The predicted molar refractivity (Wildman–Crippen MR) is 82.6 cm³/mol. The van der Waals surface area contributed by atoms with E-state index in [1.807, 2.05) is 38.1 Å². The minimum absolute atomic E-state index is 0. The van der Waals surface area contributed by atoms with Gasteiger partial charge < -0.3 is 11.1 Å². The summed E-state index contributed by atoms with van der Waals surface area (Å²) >= 11 is 0. The van der Waals surface area contributed by atoms with Crippen LogP contribution in [0.4, 0.5) is 0 Å². The van der Waals surface area contributed by atoms with Crippen LogP contribution in [0.15, 0.2) is 24.3 Å². The first kappa shape index (κ1) is 17.9. The van der Waals surface area contributed by atoms with Gasteiger partial charge in [0.1, 0.15) is 0 Å². The van der Waals surface area contributed by atoms with Gasteiger partial charge >= 0.3 is 0 Å². The molecule has 3 N–H and O–H groups in total. The Bertz CT molecular complexity index is 420. The van der Waals surface area contributed by atoms with E-state index in [1.165, 1.54) is 0 Å². The lowest BCUT2D eigenvalue weighted by Crippen LogP contribution is -2.55. The predicted octanol–water partition coefficient (Wildman–Crippen LogP) is 2.45. The Morgan fingerprint density at radius 2 is 1.95 bits per heavy atom. The number of aryl methyl sites for hydroxylation is 1. The summed E-state index contributed by atoms with van der Waals surface area (Å²) in [5, 5.41) is 3.05. The Morgan fingerprint density at radius 3 is 2.42 bits per heavy atom. The number of nitrogens with two attached hydrogens (primary N) is 1. The summed E-state index contributed by atoms with van der Waals surface area (Å²) in [5.74, 6) is 0.342. The van der Waals surface area contributed by atoms with Gasteiger partial charge in [-0.15, -0.1) is 12.4 Å². The molecule has 3 nitrogen and oxygen atoms in total. The van der Waals surface area contributed by atoms with Crippen LogP contribution in [0.5, 0.6) is 0 Å². The first-order valence-electron chi connectivity index (χ1n) is 6.44. The Kier molecular flexibility index (Phi) is 7.09. The second-order valence-electron chi connectivity index (χ2n) is 5.43. The summed E-state index contributed by atoms with van der Waals surface area (Å²) in [5.41, 5.74) is 7.64. The fourth-order valence-corrected chi connectivity index (χ4v) is 1.78. The Morgan fingerprint density at radius 1 is 1.37 bits per heavy atom. The van der Waals surface area contributed by atoms with Gasteiger partial charge in [-0.05, 0) is 30.9 Å². The monoisotopic (exact) mass is 284 g/mol. The number of halogens is 1. The summed E-state index contributed by atoms with van der Waals surface area (Å²) in [4.78, 5) is 12.1. The van der Waals surface area contributed by atoms with Crippen LogP contribution in [0.1, 0.15) is 31.9 Å². The lowest BCUT2D eigenvalue weighted by Gasteiger charge is -2.33. The van der Waals surface area contributed by atoms with E-state index in [2.05, 4.69) is 19.2 Å². The van der Waals surface area contributed by atoms with Crippen molar-refractivity contribution in [2.24, 2.45) is 11.7 Å². The van der Waals surface area contributed by atoms with Crippen molar-refractivity contribution in [3.63, 3.8) is 0 Å². The van der Waals surface area contributed by atoms with Crippen LogP contribution < -0.4 is 11.1 Å². The fourth-order valence-electron chi connectivity index (χ4n) is 1.78. The maximum absolute atomic E-state index is 12.1. The summed E-state index contributed by atoms with van der Waals surface area (Å²) in [7, 11) is 0. The van der Waals surface area contributed by atoms with Gasteiger partial charge in [0.2, 0.25) is 5.91 Å². The van der Waals surface area contributed by atoms with E-state index in [1.54, 1.807) is 0 Å². The third-order valence-electron chi connectivity index (χ3n) is 3.74. The van der Waals surface area contributed by atoms with E-state index < -0.39 is 0 Å².